The topological polar surface area (TPSA) is 20.2 Å². The molecule has 1 fully saturated rings. The number of aliphatic hydroxyl groups is 1. The van der Waals surface area contributed by atoms with Crippen molar-refractivity contribution in [2.45, 2.75) is 59.8 Å². The first-order valence-electron chi connectivity index (χ1n) is 8.33. The Hall–Kier alpha value is -1.52. The maximum absolute atomic E-state index is 8.82. The molecule has 1 saturated carbocycles. The minimum absolute atomic E-state index is 0.0548. The van der Waals surface area contributed by atoms with E-state index in [1.807, 2.05) is 13.0 Å². The molecule has 0 aliphatic heterocycles. The zero-order valence-electron chi connectivity index (χ0n) is 14.4. The van der Waals surface area contributed by atoms with E-state index in [1.54, 1.807) is 17.2 Å². The van der Waals surface area contributed by atoms with Crippen LogP contribution in [-0.2, 0) is 0 Å². The van der Waals surface area contributed by atoms with Crippen LogP contribution in [0.5, 0.6) is 0 Å². The van der Waals surface area contributed by atoms with Gasteiger partial charge in [-0.1, -0.05) is 30.4 Å². The number of aliphatic hydroxyl groups excluding tert-OH is 1. The van der Waals surface area contributed by atoms with Crippen LogP contribution in [0.3, 0.4) is 0 Å². The summed E-state index contributed by atoms with van der Waals surface area (Å²) in [5.74, 6) is 6.13. The van der Waals surface area contributed by atoms with E-state index in [0.29, 0.717) is 5.41 Å². The van der Waals surface area contributed by atoms with Gasteiger partial charge in [0.05, 0.1) is 6.61 Å². The Morgan fingerprint density at radius 1 is 1.27 bits per heavy atom. The van der Waals surface area contributed by atoms with E-state index in [9.17, 15) is 0 Å². The van der Waals surface area contributed by atoms with Crippen molar-refractivity contribution in [1.82, 2.24) is 0 Å². The third-order valence-electron chi connectivity index (χ3n) is 4.95. The Balaban J connectivity index is 2.21. The molecule has 1 N–H and O–H groups in total. The lowest BCUT2D eigenvalue weighted by atomic mass is 9.72. The molecular weight excluding hydrogens is 268 g/mol. The molecule has 0 spiro atoms. The smallest absolute Gasteiger partial charge is 0.0624 e. The molecule has 2 aliphatic rings. The van der Waals surface area contributed by atoms with Crippen LogP contribution < -0.4 is 0 Å². The number of fused-ring (bicyclic) bond motifs is 1. The highest BCUT2D eigenvalue weighted by Gasteiger charge is 2.39. The van der Waals surface area contributed by atoms with Crippen molar-refractivity contribution in [2.75, 3.05) is 6.61 Å². The van der Waals surface area contributed by atoms with Crippen molar-refractivity contribution >= 4 is 0 Å². The van der Waals surface area contributed by atoms with Crippen LogP contribution in [0.2, 0.25) is 0 Å². The van der Waals surface area contributed by atoms with Gasteiger partial charge in [-0.3, -0.25) is 0 Å². The Labute approximate surface area is 135 Å². The summed E-state index contributed by atoms with van der Waals surface area (Å²) in [6.45, 7) is 8.85. The molecule has 118 valence electrons. The number of rotatable bonds is 2. The van der Waals surface area contributed by atoms with Crippen LogP contribution in [0.4, 0.5) is 0 Å². The summed E-state index contributed by atoms with van der Waals surface area (Å²) in [5, 5.41) is 8.82. The Morgan fingerprint density at radius 3 is 2.77 bits per heavy atom. The van der Waals surface area contributed by atoms with Gasteiger partial charge in [-0.05, 0) is 92.7 Å². The summed E-state index contributed by atoms with van der Waals surface area (Å²) < 4.78 is 0. The molecule has 1 atom stereocenters. The first-order chi connectivity index (χ1) is 10.5. The molecular formula is C21H28O. The van der Waals surface area contributed by atoms with Gasteiger partial charge in [0.15, 0.2) is 0 Å². The largest absolute Gasteiger partial charge is 0.392 e. The number of allylic oxidation sites excluding steroid dienone is 7. The molecule has 2 aliphatic carbocycles. The minimum atomic E-state index is 0.0548. The van der Waals surface area contributed by atoms with Crippen LogP contribution in [0.1, 0.15) is 59.8 Å². The van der Waals surface area contributed by atoms with Gasteiger partial charge in [-0.25, -0.2) is 0 Å². The van der Waals surface area contributed by atoms with E-state index < -0.39 is 0 Å². The van der Waals surface area contributed by atoms with Crippen molar-refractivity contribution in [3.8, 4) is 11.8 Å². The summed E-state index contributed by atoms with van der Waals surface area (Å²) in [7, 11) is 0. The molecule has 2 rings (SSSR count). The molecule has 1 nitrogen and oxygen atoms in total. The van der Waals surface area contributed by atoms with Gasteiger partial charge in [0, 0.05) is 0 Å². The average Bonchev–Trinajstić information content (AvgIpc) is 2.77. The third kappa shape index (κ3) is 3.81. The summed E-state index contributed by atoms with van der Waals surface area (Å²) in [5.41, 5.74) is 7.31. The lowest BCUT2D eigenvalue weighted by molar-refractivity contribution is 0.342. The van der Waals surface area contributed by atoms with Crippen molar-refractivity contribution in [2.24, 2.45) is 5.41 Å². The van der Waals surface area contributed by atoms with Crippen LogP contribution in [0.15, 0.2) is 46.1 Å². The molecule has 0 aromatic carbocycles. The van der Waals surface area contributed by atoms with Gasteiger partial charge in [-0.15, -0.1) is 0 Å². The van der Waals surface area contributed by atoms with E-state index in [2.05, 4.69) is 38.7 Å². The van der Waals surface area contributed by atoms with Crippen molar-refractivity contribution in [3.05, 3.63) is 46.1 Å². The van der Waals surface area contributed by atoms with Gasteiger partial charge in [0.25, 0.3) is 0 Å². The van der Waals surface area contributed by atoms with Crippen LogP contribution in [0, 0.1) is 17.3 Å². The monoisotopic (exact) mass is 296 g/mol. The second-order valence-corrected chi connectivity index (χ2v) is 6.97. The number of hydrogen-bond acceptors (Lipinski definition) is 1. The maximum Gasteiger partial charge on any atom is 0.0624 e. The van der Waals surface area contributed by atoms with Gasteiger partial charge < -0.3 is 5.11 Å². The molecule has 1 unspecified atom stereocenters. The highest BCUT2D eigenvalue weighted by Crippen LogP contribution is 2.53. The highest BCUT2D eigenvalue weighted by molar-refractivity contribution is 5.49. The summed E-state index contributed by atoms with van der Waals surface area (Å²) in [6, 6.07) is 0. The quantitative estimate of drug-likeness (QED) is 0.703. The zero-order chi connectivity index (χ0) is 16.2. The van der Waals surface area contributed by atoms with Crippen molar-refractivity contribution in [1.29, 1.82) is 0 Å². The maximum atomic E-state index is 8.82. The zero-order valence-corrected chi connectivity index (χ0v) is 14.4. The van der Waals surface area contributed by atoms with Gasteiger partial charge in [0.2, 0.25) is 0 Å². The van der Waals surface area contributed by atoms with Crippen molar-refractivity contribution < 1.29 is 5.11 Å². The third-order valence-corrected chi connectivity index (χ3v) is 4.95. The van der Waals surface area contributed by atoms with Gasteiger partial charge in [-0.2, -0.15) is 0 Å². The minimum Gasteiger partial charge on any atom is -0.392 e. The molecule has 0 aromatic rings. The first kappa shape index (κ1) is 16.8. The predicted molar refractivity (Wildman–Crippen MR) is 94.4 cm³/mol. The highest BCUT2D eigenvalue weighted by atomic mass is 16.2. The summed E-state index contributed by atoms with van der Waals surface area (Å²) in [6.07, 6.45) is 12.5. The molecule has 0 saturated heterocycles. The summed E-state index contributed by atoms with van der Waals surface area (Å²) in [4.78, 5) is 0. The lowest BCUT2D eigenvalue weighted by Crippen LogP contribution is -2.19. The SMILES string of the molecule is CC1=C2/C(=C\C(C)=C\C#C/C(C)=C/CO)CCC2(C)CCC1. The van der Waals surface area contributed by atoms with Gasteiger partial charge in [0.1, 0.15) is 0 Å². The lowest BCUT2D eigenvalue weighted by Gasteiger charge is -2.32. The second kappa shape index (κ2) is 7.16. The fourth-order valence-electron chi connectivity index (χ4n) is 3.87. The number of hydrogen-bond donors (Lipinski definition) is 1. The first-order valence-corrected chi connectivity index (χ1v) is 8.33. The molecule has 0 radical (unpaired) electrons. The van der Waals surface area contributed by atoms with Gasteiger partial charge >= 0.3 is 0 Å². The Kier molecular flexibility index (Phi) is 5.48. The van der Waals surface area contributed by atoms with E-state index >= 15 is 0 Å². The summed E-state index contributed by atoms with van der Waals surface area (Å²) >= 11 is 0. The molecule has 0 amide bonds. The molecule has 1 heteroatoms. The van der Waals surface area contributed by atoms with E-state index in [4.69, 9.17) is 5.11 Å². The van der Waals surface area contributed by atoms with E-state index in [0.717, 1.165) is 5.57 Å². The molecule has 22 heavy (non-hydrogen) atoms. The standard InChI is InChI=1S/C21H28O/c1-16(11-14-22)7-5-8-17(2)15-19-10-13-21(4)12-6-9-18(3)20(19)21/h8,11,15,22H,6,9-10,12-14H2,1-4H3/b16-11+,17-8+,19-15-. The Bertz CT molecular complexity index is 616. The average molecular weight is 296 g/mol. The predicted octanol–water partition coefficient (Wildman–Crippen LogP) is 5.10. The van der Waals surface area contributed by atoms with E-state index in [-0.39, 0.29) is 6.61 Å². The fourth-order valence-corrected chi connectivity index (χ4v) is 3.87. The van der Waals surface area contributed by atoms with Crippen LogP contribution in [0.25, 0.3) is 0 Å². The normalized spacial score (nSPS) is 27.8. The molecule has 0 bridgehead atoms. The fraction of sp³-hybridized carbons (Fsp3) is 0.524. The van der Waals surface area contributed by atoms with Crippen LogP contribution in [-0.4, -0.2) is 11.7 Å². The van der Waals surface area contributed by atoms with E-state index in [1.165, 1.54) is 43.3 Å². The van der Waals surface area contributed by atoms with Crippen LogP contribution >= 0.6 is 0 Å². The Morgan fingerprint density at radius 2 is 2.05 bits per heavy atom. The second-order valence-electron chi connectivity index (χ2n) is 6.97. The molecule has 0 aromatic heterocycles. The van der Waals surface area contributed by atoms with Crippen molar-refractivity contribution in [3.63, 3.8) is 0 Å². The molecule has 0 heterocycles.